The highest BCUT2D eigenvalue weighted by atomic mass is 28.5. The van der Waals surface area contributed by atoms with E-state index >= 15 is 0 Å². The van der Waals surface area contributed by atoms with Gasteiger partial charge in [0.25, 0.3) is 0 Å². The summed E-state index contributed by atoms with van der Waals surface area (Å²) < 4.78 is 52.4. The van der Waals surface area contributed by atoms with Gasteiger partial charge in [-0.3, -0.25) is 0 Å². The van der Waals surface area contributed by atoms with E-state index in [9.17, 15) is 0 Å². The lowest BCUT2D eigenvalue weighted by Crippen LogP contribution is -2.67. The molecule has 0 aromatic heterocycles. The van der Waals surface area contributed by atoms with E-state index in [0.29, 0.717) is 11.5 Å². The van der Waals surface area contributed by atoms with Gasteiger partial charge in [0.2, 0.25) is 0 Å². The van der Waals surface area contributed by atoms with Crippen LogP contribution in [0.25, 0.3) is 28.0 Å². The summed E-state index contributed by atoms with van der Waals surface area (Å²) in [6.07, 6.45) is 4.45. The molecule has 0 saturated carbocycles. The third kappa shape index (κ3) is 7.84. The number of fused-ring (bicyclic) bond motifs is 8. The zero-order valence-electron chi connectivity index (χ0n) is 37.4. The van der Waals surface area contributed by atoms with E-state index in [4.69, 9.17) is 36.0 Å². The lowest BCUT2D eigenvalue weighted by Gasteiger charge is -2.43. The fourth-order valence-corrected chi connectivity index (χ4v) is 21.9. The molecule has 1 aliphatic carbocycles. The van der Waals surface area contributed by atoms with E-state index in [1.807, 2.05) is 24.3 Å². The minimum absolute atomic E-state index is 0.461. The minimum atomic E-state index is -3.41. The van der Waals surface area contributed by atoms with Gasteiger partial charge in [-0.2, -0.15) is 0 Å². The smallest absolute Gasteiger partial charge is 0.497 e. The number of ether oxygens (including phenoxy) is 5. The van der Waals surface area contributed by atoms with Gasteiger partial charge >= 0.3 is 8.80 Å². The standard InChI is InChI=1S/C47H60O8Si4/c1-46(2)40-28-35(59(53-56(7,8)9,54-57(10,11)12)55-58(13,14)15)24-25-36(40)43-38-29-41(50-5)42(51-6)30-39(38)45-37(44(43)46)26-27-47(52-45,31-16-20-33(48-3)21-17-31)32-18-22-34(49-4)23-19-32/h16-30H,1-15H3. The first-order valence-corrected chi connectivity index (χ1v) is 32.2. The second-order valence-electron chi connectivity index (χ2n) is 19.0. The van der Waals surface area contributed by atoms with Crippen LogP contribution in [0.3, 0.4) is 0 Å². The van der Waals surface area contributed by atoms with Gasteiger partial charge in [0.1, 0.15) is 17.2 Å². The zero-order valence-corrected chi connectivity index (χ0v) is 41.4. The summed E-state index contributed by atoms with van der Waals surface area (Å²) in [6.45, 7) is 24.7. The van der Waals surface area contributed by atoms with E-state index in [2.05, 4.69) is 140 Å². The second kappa shape index (κ2) is 15.1. The van der Waals surface area contributed by atoms with Crippen molar-refractivity contribution >= 4 is 55.8 Å². The van der Waals surface area contributed by atoms with Crippen LogP contribution < -0.4 is 28.9 Å². The largest absolute Gasteiger partial charge is 0.505 e. The average molecular weight is 865 g/mol. The highest BCUT2D eigenvalue weighted by Gasteiger charge is 2.53. The minimum Gasteiger partial charge on any atom is -0.497 e. The summed E-state index contributed by atoms with van der Waals surface area (Å²) in [5.74, 6) is 3.58. The molecular formula is C47H60O8Si4. The zero-order chi connectivity index (χ0) is 42.9. The Morgan fingerprint density at radius 1 is 0.542 bits per heavy atom. The van der Waals surface area contributed by atoms with Gasteiger partial charge in [-0.25, -0.2) is 0 Å². The summed E-state index contributed by atoms with van der Waals surface area (Å²) in [4.78, 5) is 0. The Morgan fingerprint density at radius 3 is 1.46 bits per heavy atom. The van der Waals surface area contributed by atoms with Crippen LogP contribution in [0.15, 0.2) is 84.9 Å². The highest BCUT2D eigenvalue weighted by molar-refractivity contribution is 6.95. The lowest BCUT2D eigenvalue weighted by atomic mass is 9.76. The van der Waals surface area contributed by atoms with E-state index in [1.165, 1.54) is 11.1 Å². The fourth-order valence-electron chi connectivity index (χ4n) is 8.60. The van der Waals surface area contributed by atoms with Crippen LogP contribution in [0.1, 0.15) is 41.7 Å². The van der Waals surface area contributed by atoms with Crippen LogP contribution in [0.4, 0.5) is 0 Å². The molecule has 0 atom stereocenters. The SMILES string of the molecule is COc1ccc(C2(c3ccc(OC)cc3)C=Cc3c4c(c5cc(OC)c(OC)cc5c3O2)-c2ccc([Si](O[Si](C)(C)C)(O[Si](C)(C)C)O[Si](C)(C)C)cc2C4(C)C)cc1. The van der Waals surface area contributed by atoms with Crippen LogP contribution in [0.2, 0.25) is 58.9 Å². The van der Waals surface area contributed by atoms with Gasteiger partial charge in [-0.1, -0.05) is 62.4 Å². The predicted molar refractivity (Wildman–Crippen MR) is 250 cm³/mol. The number of methoxy groups -OCH3 is 4. The molecule has 8 nitrogen and oxygen atoms in total. The fraction of sp³-hybridized carbons (Fsp3) is 0.362. The van der Waals surface area contributed by atoms with Crippen molar-refractivity contribution in [2.24, 2.45) is 0 Å². The number of hydrogen-bond donors (Lipinski definition) is 0. The van der Waals surface area contributed by atoms with Crippen molar-refractivity contribution in [2.75, 3.05) is 28.4 Å². The molecule has 0 amide bonds. The van der Waals surface area contributed by atoms with Gasteiger partial charge < -0.3 is 36.0 Å². The van der Waals surface area contributed by atoms with Crippen LogP contribution in [0, 0.1) is 0 Å². The molecule has 0 saturated heterocycles. The maximum atomic E-state index is 7.58. The molecule has 0 bridgehead atoms. The molecule has 5 aromatic rings. The number of rotatable bonds is 13. The van der Waals surface area contributed by atoms with Crippen LogP contribution in [0.5, 0.6) is 28.7 Å². The summed E-state index contributed by atoms with van der Waals surface area (Å²) in [6, 6.07) is 27.2. The van der Waals surface area contributed by atoms with Crippen molar-refractivity contribution in [1.29, 1.82) is 0 Å². The van der Waals surface area contributed by atoms with Crippen LogP contribution in [-0.2, 0) is 23.4 Å². The van der Waals surface area contributed by atoms with Crippen molar-refractivity contribution in [3.63, 3.8) is 0 Å². The van der Waals surface area contributed by atoms with Crippen molar-refractivity contribution < 1.29 is 36.0 Å². The predicted octanol–water partition coefficient (Wildman–Crippen LogP) is 11.2. The Hall–Kier alpha value is -4.15. The first-order chi connectivity index (χ1) is 27.6. The molecule has 2 aliphatic rings. The molecular weight excluding hydrogens is 805 g/mol. The molecule has 59 heavy (non-hydrogen) atoms. The maximum Gasteiger partial charge on any atom is 0.505 e. The summed E-state index contributed by atoms with van der Waals surface area (Å²) >= 11 is 0. The third-order valence-corrected chi connectivity index (χ3v) is 22.4. The Morgan fingerprint density at radius 2 is 1.02 bits per heavy atom. The first-order valence-electron chi connectivity index (χ1n) is 20.3. The Kier molecular flexibility index (Phi) is 11.0. The molecule has 0 N–H and O–H groups in total. The Balaban J connectivity index is 1.53. The molecule has 1 heterocycles. The van der Waals surface area contributed by atoms with Crippen molar-refractivity contribution in [3.05, 3.63) is 113 Å². The van der Waals surface area contributed by atoms with Gasteiger partial charge in [0, 0.05) is 32.7 Å². The highest BCUT2D eigenvalue weighted by Crippen LogP contribution is 2.59. The van der Waals surface area contributed by atoms with E-state index in [1.54, 1.807) is 28.4 Å². The Labute approximate surface area is 355 Å². The van der Waals surface area contributed by atoms with Crippen LogP contribution in [-0.4, -0.2) is 62.2 Å². The van der Waals surface area contributed by atoms with Crippen molar-refractivity contribution in [1.82, 2.24) is 0 Å². The number of hydrogen-bond acceptors (Lipinski definition) is 8. The molecule has 12 heteroatoms. The van der Waals surface area contributed by atoms with Gasteiger partial charge in [-0.05, 0) is 129 Å². The molecule has 0 fully saturated rings. The topological polar surface area (TPSA) is 73.8 Å². The summed E-state index contributed by atoms with van der Waals surface area (Å²) in [7, 11) is -3.19. The molecule has 7 rings (SSSR count). The van der Waals surface area contributed by atoms with E-state index in [0.717, 1.165) is 61.0 Å². The van der Waals surface area contributed by atoms with Crippen molar-refractivity contribution in [3.8, 4) is 39.9 Å². The quantitative estimate of drug-likeness (QED) is 0.108. The lowest BCUT2D eigenvalue weighted by molar-refractivity contribution is 0.163. The van der Waals surface area contributed by atoms with Gasteiger partial charge in [0.15, 0.2) is 42.1 Å². The average Bonchev–Trinajstić information content (AvgIpc) is 3.41. The molecule has 312 valence electrons. The molecule has 0 unspecified atom stereocenters. The maximum absolute atomic E-state index is 7.58. The Bertz CT molecular complexity index is 2330. The van der Waals surface area contributed by atoms with E-state index in [-0.39, 0.29) is 0 Å². The first kappa shape index (κ1) is 43.0. The second-order valence-corrected chi connectivity index (χ2v) is 35.8. The molecule has 0 radical (unpaired) electrons. The molecule has 0 spiro atoms. The summed E-state index contributed by atoms with van der Waals surface area (Å²) in [5.41, 5.74) is 6.18. The number of benzene rings is 5. The van der Waals surface area contributed by atoms with E-state index < -0.39 is 44.8 Å². The van der Waals surface area contributed by atoms with Gasteiger partial charge in [0.05, 0.1) is 28.4 Å². The molecule has 5 aromatic carbocycles. The third-order valence-electron chi connectivity index (χ3n) is 10.8. The normalized spacial score (nSPS) is 15.6. The van der Waals surface area contributed by atoms with Crippen LogP contribution >= 0.6 is 0 Å². The summed E-state index contributed by atoms with van der Waals surface area (Å²) in [5, 5.41) is 2.96. The van der Waals surface area contributed by atoms with Gasteiger partial charge in [-0.15, -0.1) is 0 Å². The monoisotopic (exact) mass is 864 g/mol. The van der Waals surface area contributed by atoms with Crippen molar-refractivity contribution in [2.45, 2.75) is 83.8 Å². The molecule has 1 aliphatic heterocycles.